The van der Waals surface area contributed by atoms with Gasteiger partial charge in [0.1, 0.15) is 12.2 Å². The van der Waals surface area contributed by atoms with E-state index in [-0.39, 0.29) is 0 Å². The highest BCUT2D eigenvalue weighted by Gasteiger charge is 2.15. The van der Waals surface area contributed by atoms with Crippen LogP contribution < -0.4 is 5.73 Å². The Labute approximate surface area is 173 Å². The molecule has 7 nitrogen and oxygen atoms in total. The Morgan fingerprint density at radius 3 is 2.79 bits per heavy atom. The van der Waals surface area contributed by atoms with Gasteiger partial charge in [0, 0.05) is 56.0 Å². The standard InChI is InChI=1S/C22H33N5O2/c1-17(2)20-15-27(8-7-26-9-12-29-13-10-26)21-5-4-18(14-19(20)21)22(23)25-16-24-6-11-28-3/h4-5,14-17H,6-13H2,1-3H3,(H2,23,24,25). The van der Waals surface area contributed by atoms with Gasteiger partial charge in [0.05, 0.1) is 26.4 Å². The lowest BCUT2D eigenvalue weighted by Gasteiger charge is -2.26. The molecule has 0 saturated carbocycles. The Kier molecular flexibility index (Phi) is 7.80. The van der Waals surface area contributed by atoms with Crippen LogP contribution in [-0.4, -0.2) is 74.8 Å². The highest BCUT2D eigenvalue weighted by Crippen LogP contribution is 2.28. The van der Waals surface area contributed by atoms with Crippen LogP contribution in [-0.2, 0) is 16.0 Å². The van der Waals surface area contributed by atoms with Crippen LogP contribution >= 0.6 is 0 Å². The lowest BCUT2D eigenvalue weighted by molar-refractivity contribution is 0.0365. The fourth-order valence-electron chi connectivity index (χ4n) is 3.58. The lowest BCUT2D eigenvalue weighted by Crippen LogP contribution is -2.38. The van der Waals surface area contributed by atoms with Crippen LogP contribution in [0.25, 0.3) is 10.9 Å². The molecule has 1 aliphatic rings. The molecule has 1 saturated heterocycles. The predicted molar refractivity (Wildman–Crippen MR) is 119 cm³/mol. The van der Waals surface area contributed by atoms with E-state index in [1.54, 1.807) is 7.11 Å². The molecule has 1 aliphatic heterocycles. The van der Waals surface area contributed by atoms with Crippen LogP contribution in [0.5, 0.6) is 0 Å². The molecule has 1 fully saturated rings. The molecule has 0 bridgehead atoms. The molecule has 0 amide bonds. The van der Waals surface area contributed by atoms with Crippen molar-refractivity contribution in [2.24, 2.45) is 15.7 Å². The summed E-state index contributed by atoms with van der Waals surface area (Å²) in [5, 5.41) is 1.24. The summed E-state index contributed by atoms with van der Waals surface area (Å²) in [4.78, 5) is 10.9. The second-order valence-corrected chi connectivity index (χ2v) is 7.65. The molecular weight excluding hydrogens is 366 g/mol. The predicted octanol–water partition coefficient (Wildman–Crippen LogP) is 2.48. The van der Waals surface area contributed by atoms with Crippen LogP contribution in [0, 0.1) is 0 Å². The number of morpholine rings is 1. The van der Waals surface area contributed by atoms with E-state index in [9.17, 15) is 0 Å². The van der Waals surface area contributed by atoms with Crippen molar-refractivity contribution in [1.29, 1.82) is 0 Å². The minimum atomic E-state index is 0.436. The van der Waals surface area contributed by atoms with Gasteiger partial charge in [0.25, 0.3) is 0 Å². The fourth-order valence-corrected chi connectivity index (χ4v) is 3.58. The third-order valence-electron chi connectivity index (χ3n) is 5.29. The first kappa shape index (κ1) is 21.5. The van der Waals surface area contributed by atoms with Crippen LogP contribution in [0.15, 0.2) is 34.4 Å². The average Bonchev–Trinajstić information content (AvgIpc) is 3.11. The topological polar surface area (TPSA) is 77.4 Å². The number of aliphatic imine (C=N–C) groups is 2. The van der Waals surface area contributed by atoms with Crippen molar-refractivity contribution in [3.8, 4) is 0 Å². The summed E-state index contributed by atoms with van der Waals surface area (Å²) in [6.07, 6.45) is 3.80. The van der Waals surface area contributed by atoms with Gasteiger partial charge in [-0.15, -0.1) is 0 Å². The van der Waals surface area contributed by atoms with Gasteiger partial charge < -0.3 is 19.8 Å². The molecule has 0 radical (unpaired) electrons. The monoisotopic (exact) mass is 399 g/mol. The van der Waals surface area contributed by atoms with Crippen LogP contribution in [0.1, 0.15) is 30.9 Å². The maximum absolute atomic E-state index is 6.19. The SMILES string of the molecule is COCCN=CN=C(N)c1ccc2c(c1)c(C(C)C)cn2CCN1CCOCC1. The van der Waals surface area contributed by atoms with Crippen molar-refractivity contribution in [3.05, 3.63) is 35.5 Å². The zero-order valence-corrected chi connectivity index (χ0v) is 17.8. The van der Waals surface area contributed by atoms with E-state index in [1.165, 1.54) is 22.8 Å². The average molecular weight is 400 g/mol. The highest BCUT2D eigenvalue weighted by molar-refractivity contribution is 6.04. The second kappa shape index (κ2) is 10.5. The van der Waals surface area contributed by atoms with E-state index in [1.807, 2.05) is 6.07 Å². The molecule has 0 unspecified atom stereocenters. The van der Waals surface area contributed by atoms with Crippen molar-refractivity contribution in [2.45, 2.75) is 26.3 Å². The zero-order valence-electron chi connectivity index (χ0n) is 17.8. The molecule has 2 aromatic rings. The Morgan fingerprint density at radius 1 is 1.28 bits per heavy atom. The minimum absolute atomic E-state index is 0.436. The third kappa shape index (κ3) is 5.65. The van der Waals surface area contributed by atoms with Gasteiger partial charge in [-0.2, -0.15) is 0 Å². The van der Waals surface area contributed by atoms with Gasteiger partial charge in [-0.05, 0) is 29.7 Å². The smallest absolute Gasteiger partial charge is 0.132 e. The quantitative estimate of drug-likeness (QED) is 0.399. The number of benzene rings is 1. The Balaban J connectivity index is 1.80. The van der Waals surface area contributed by atoms with Gasteiger partial charge >= 0.3 is 0 Å². The van der Waals surface area contributed by atoms with Crippen molar-refractivity contribution in [2.75, 3.05) is 53.1 Å². The molecule has 2 N–H and O–H groups in total. The van der Waals surface area contributed by atoms with Gasteiger partial charge in [-0.25, -0.2) is 4.99 Å². The zero-order chi connectivity index (χ0) is 20.6. The van der Waals surface area contributed by atoms with Gasteiger partial charge in [-0.3, -0.25) is 9.89 Å². The summed E-state index contributed by atoms with van der Waals surface area (Å²) in [6.45, 7) is 11.3. The van der Waals surface area contributed by atoms with E-state index in [2.05, 4.69) is 51.6 Å². The summed E-state index contributed by atoms with van der Waals surface area (Å²) >= 11 is 0. The van der Waals surface area contributed by atoms with Gasteiger partial charge in [0.2, 0.25) is 0 Å². The summed E-state index contributed by atoms with van der Waals surface area (Å²) in [5.74, 6) is 0.912. The Hall–Kier alpha value is -2.22. The fraction of sp³-hybridized carbons (Fsp3) is 0.545. The number of aromatic nitrogens is 1. The molecule has 1 aromatic heterocycles. The summed E-state index contributed by atoms with van der Waals surface area (Å²) in [7, 11) is 1.65. The molecule has 1 aromatic carbocycles. The number of amidine groups is 1. The molecule has 0 atom stereocenters. The number of fused-ring (bicyclic) bond motifs is 1. The molecular formula is C22H33N5O2. The summed E-state index contributed by atoms with van der Waals surface area (Å²) in [5.41, 5.74) is 9.69. The van der Waals surface area contributed by atoms with Gasteiger partial charge in [-0.1, -0.05) is 13.8 Å². The van der Waals surface area contributed by atoms with E-state index in [0.29, 0.717) is 24.9 Å². The molecule has 2 heterocycles. The Morgan fingerprint density at radius 2 is 2.07 bits per heavy atom. The first-order valence-electron chi connectivity index (χ1n) is 10.3. The largest absolute Gasteiger partial charge is 0.383 e. The van der Waals surface area contributed by atoms with Crippen molar-refractivity contribution in [3.63, 3.8) is 0 Å². The normalized spacial score (nSPS) is 16.5. The van der Waals surface area contributed by atoms with Crippen LogP contribution in [0.3, 0.4) is 0 Å². The van der Waals surface area contributed by atoms with E-state index in [4.69, 9.17) is 15.2 Å². The number of nitrogens with zero attached hydrogens (tertiary/aromatic N) is 4. The first-order chi connectivity index (χ1) is 14.1. The number of hydrogen-bond acceptors (Lipinski definition) is 4. The van der Waals surface area contributed by atoms with Gasteiger partial charge in [0.15, 0.2) is 0 Å². The molecule has 7 heteroatoms. The second-order valence-electron chi connectivity index (χ2n) is 7.65. The van der Waals surface area contributed by atoms with E-state index in [0.717, 1.165) is 45.0 Å². The minimum Gasteiger partial charge on any atom is -0.383 e. The maximum Gasteiger partial charge on any atom is 0.132 e. The van der Waals surface area contributed by atoms with Crippen molar-refractivity contribution in [1.82, 2.24) is 9.47 Å². The highest BCUT2D eigenvalue weighted by atomic mass is 16.5. The van der Waals surface area contributed by atoms with Crippen LogP contribution in [0.2, 0.25) is 0 Å². The Bertz CT molecular complexity index is 850. The number of methoxy groups -OCH3 is 1. The molecule has 3 rings (SSSR count). The number of ether oxygens (including phenoxy) is 2. The van der Waals surface area contributed by atoms with E-state index < -0.39 is 0 Å². The first-order valence-corrected chi connectivity index (χ1v) is 10.3. The van der Waals surface area contributed by atoms with Crippen LogP contribution in [0.4, 0.5) is 0 Å². The molecule has 0 spiro atoms. The van der Waals surface area contributed by atoms with E-state index >= 15 is 0 Å². The number of hydrogen-bond donors (Lipinski definition) is 1. The molecule has 0 aliphatic carbocycles. The number of rotatable bonds is 9. The number of nitrogens with two attached hydrogens (primary N) is 1. The third-order valence-corrected chi connectivity index (χ3v) is 5.29. The molecule has 158 valence electrons. The van der Waals surface area contributed by atoms with Crippen molar-refractivity contribution < 1.29 is 9.47 Å². The lowest BCUT2D eigenvalue weighted by atomic mass is 10.0. The molecule has 29 heavy (non-hydrogen) atoms. The summed E-state index contributed by atoms with van der Waals surface area (Å²) < 4.78 is 12.8. The summed E-state index contributed by atoms with van der Waals surface area (Å²) in [6, 6.07) is 6.34. The maximum atomic E-state index is 6.19. The van der Waals surface area contributed by atoms with Crippen molar-refractivity contribution >= 4 is 23.1 Å².